The number of carbonyl (C=O) groups is 1. The van der Waals surface area contributed by atoms with Crippen molar-refractivity contribution in [2.75, 3.05) is 18.5 Å². The van der Waals surface area contributed by atoms with Crippen molar-refractivity contribution < 1.29 is 14.3 Å². The minimum atomic E-state index is -0.775. The lowest BCUT2D eigenvalue weighted by atomic mass is 9.96. The third-order valence-electron chi connectivity index (χ3n) is 3.62. The van der Waals surface area contributed by atoms with Crippen LogP contribution in [0.25, 0.3) is 0 Å². The molecule has 124 valence electrons. The third kappa shape index (κ3) is 5.68. The van der Waals surface area contributed by atoms with Crippen LogP contribution in [0.15, 0.2) is 24.3 Å². The summed E-state index contributed by atoms with van der Waals surface area (Å²) < 4.78 is 11.1. The van der Waals surface area contributed by atoms with Crippen LogP contribution in [-0.4, -0.2) is 24.7 Å². The maximum absolute atomic E-state index is 12.6. The van der Waals surface area contributed by atoms with Gasteiger partial charge in [0.2, 0.25) is 0 Å². The number of hydrogen-bond donors (Lipinski definition) is 1. The van der Waals surface area contributed by atoms with Crippen molar-refractivity contribution in [2.24, 2.45) is 0 Å². The van der Waals surface area contributed by atoms with E-state index in [1.54, 1.807) is 0 Å². The van der Waals surface area contributed by atoms with Gasteiger partial charge < -0.3 is 14.8 Å². The first-order chi connectivity index (χ1) is 10.6. The molecule has 1 aromatic carbocycles. The summed E-state index contributed by atoms with van der Waals surface area (Å²) in [7, 11) is 0. The van der Waals surface area contributed by atoms with Gasteiger partial charge in [0, 0.05) is 12.3 Å². The normalized spacial score (nSPS) is 13.5. The van der Waals surface area contributed by atoms with E-state index in [1.165, 1.54) is 0 Å². The monoisotopic (exact) mass is 307 g/mol. The Morgan fingerprint density at radius 2 is 1.77 bits per heavy atom. The molecule has 0 bridgehead atoms. The summed E-state index contributed by atoms with van der Waals surface area (Å²) in [6, 6.07) is 7.41. The molecule has 0 unspecified atom stereocenters. The first-order valence-electron chi connectivity index (χ1n) is 8.24. The van der Waals surface area contributed by atoms with E-state index in [2.05, 4.69) is 12.2 Å². The highest BCUT2D eigenvalue weighted by molar-refractivity contribution is 5.97. The molecule has 4 heteroatoms. The van der Waals surface area contributed by atoms with Gasteiger partial charge in [0.15, 0.2) is 0 Å². The first-order valence-corrected chi connectivity index (χ1v) is 8.24. The molecule has 0 heterocycles. The maximum Gasteiger partial charge on any atom is 0.256 e. The summed E-state index contributed by atoms with van der Waals surface area (Å²) in [5.74, 6) is 0.714. The molecule has 0 aliphatic carbocycles. The van der Waals surface area contributed by atoms with Gasteiger partial charge in [-0.2, -0.15) is 0 Å². The zero-order chi connectivity index (χ0) is 16.4. The largest absolute Gasteiger partial charge is 0.494 e. The molecule has 0 aliphatic rings. The van der Waals surface area contributed by atoms with E-state index in [-0.39, 0.29) is 5.91 Å². The number of anilines is 1. The minimum absolute atomic E-state index is 0.0883. The molecule has 1 amide bonds. The molecule has 0 saturated heterocycles. The predicted molar refractivity (Wildman–Crippen MR) is 90.4 cm³/mol. The summed E-state index contributed by atoms with van der Waals surface area (Å²) in [6.45, 7) is 9.04. The molecular formula is C18H29NO3. The highest BCUT2D eigenvalue weighted by atomic mass is 16.5. The van der Waals surface area contributed by atoms with Crippen molar-refractivity contribution in [3.05, 3.63) is 24.3 Å². The van der Waals surface area contributed by atoms with E-state index in [9.17, 15) is 4.79 Å². The van der Waals surface area contributed by atoms with Gasteiger partial charge in [-0.05, 0) is 51.5 Å². The molecule has 1 N–H and O–H groups in total. The average Bonchev–Trinajstić information content (AvgIpc) is 2.50. The Hall–Kier alpha value is -1.55. The summed E-state index contributed by atoms with van der Waals surface area (Å²) in [6.07, 6.45) is 3.96. The van der Waals surface area contributed by atoms with E-state index in [0.29, 0.717) is 13.2 Å². The first kappa shape index (κ1) is 18.5. The van der Waals surface area contributed by atoms with Crippen LogP contribution in [0.1, 0.15) is 53.4 Å². The molecule has 0 aliphatic heterocycles. The average molecular weight is 307 g/mol. The van der Waals surface area contributed by atoms with Crippen LogP contribution in [0.2, 0.25) is 0 Å². The van der Waals surface area contributed by atoms with Crippen LogP contribution in [0, 0.1) is 0 Å². The lowest BCUT2D eigenvalue weighted by Gasteiger charge is -2.28. The number of rotatable bonds is 10. The molecule has 0 saturated carbocycles. The molecule has 1 rings (SSSR count). The fourth-order valence-electron chi connectivity index (χ4n) is 2.35. The number of unbranched alkanes of at least 4 members (excludes halogenated alkanes) is 2. The Labute approximate surface area is 134 Å². The van der Waals surface area contributed by atoms with E-state index in [0.717, 1.165) is 37.1 Å². The SMILES string of the molecule is CCCCC[C@@](C)(OCC)C(=O)Nc1ccc(OCC)cc1. The highest BCUT2D eigenvalue weighted by Crippen LogP contribution is 2.23. The second-order valence-electron chi connectivity index (χ2n) is 5.53. The summed E-state index contributed by atoms with van der Waals surface area (Å²) >= 11 is 0. The number of amides is 1. The summed E-state index contributed by atoms with van der Waals surface area (Å²) in [5, 5.41) is 2.94. The van der Waals surface area contributed by atoms with Crippen molar-refractivity contribution in [1.29, 1.82) is 0 Å². The molecule has 0 radical (unpaired) electrons. The van der Waals surface area contributed by atoms with Crippen LogP contribution in [0.4, 0.5) is 5.69 Å². The zero-order valence-electron chi connectivity index (χ0n) is 14.3. The van der Waals surface area contributed by atoms with Crippen molar-refractivity contribution in [2.45, 2.75) is 59.0 Å². The van der Waals surface area contributed by atoms with Gasteiger partial charge in [-0.1, -0.05) is 26.2 Å². The van der Waals surface area contributed by atoms with Gasteiger partial charge in [-0.15, -0.1) is 0 Å². The maximum atomic E-state index is 12.6. The van der Waals surface area contributed by atoms with Gasteiger partial charge in [0.25, 0.3) is 5.91 Å². The number of benzene rings is 1. The van der Waals surface area contributed by atoms with Crippen molar-refractivity contribution in [1.82, 2.24) is 0 Å². The van der Waals surface area contributed by atoms with E-state index >= 15 is 0 Å². The lowest BCUT2D eigenvalue weighted by Crippen LogP contribution is -2.42. The Morgan fingerprint density at radius 1 is 1.09 bits per heavy atom. The minimum Gasteiger partial charge on any atom is -0.494 e. The summed E-state index contributed by atoms with van der Waals surface area (Å²) in [4.78, 5) is 12.6. The smallest absolute Gasteiger partial charge is 0.256 e. The van der Waals surface area contributed by atoms with E-state index in [4.69, 9.17) is 9.47 Å². The van der Waals surface area contributed by atoms with Crippen LogP contribution < -0.4 is 10.1 Å². The fraction of sp³-hybridized carbons (Fsp3) is 0.611. The van der Waals surface area contributed by atoms with Gasteiger partial charge in [0.1, 0.15) is 11.4 Å². The van der Waals surface area contributed by atoms with Gasteiger partial charge in [0.05, 0.1) is 6.61 Å². The van der Waals surface area contributed by atoms with Gasteiger partial charge >= 0.3 is 0 Å². The summed E-state index contributed by atoms with van der Waals surface area (Å²) in [5.41, 5.74) is -0.0161. The van der Waals surface area contributed by atoms with E-state index < -0.39 is 5.60 Å². The molecular weight excluding hydrogens is 278 g/mol. The van der Waals surface area contributed by atoms with Crippen LogP contribution >= 0.6 is 0 Å². The second-order valence-corrected chi connectivity index (χ2v) is 5.53. The number of carbonyl (C=O) groups excluding carboxylic acids is 1. The van der Waals surface area contributed by atoms with Crippen molar-refractivity contribution in [3.63, 3.8) is 0 Å². The van der Waals surface area contributed by atoms with Gasteiger partial charge in [-0.3, -0.25) is 4.79 Å². The number of hydrogen-bond acceptors (Lipinski definition) is 3. The predicted octanol–water partition coefficient (Wildman–Crippen LogP) is 4.40. The quantitative estimate of drug-likeness (QED) is 0.652. The topological polar surface area (TPSA) is 47.6 Å². The van der Waals surface area contributed by atoms with E-state index in [1.807, 2.05) is 45.0 Å². The van der Waals surface area contributed by atoms with Crippen LogP contribution in [-0.2, 0) is 9.53 Å². The molecule has 1 atom stereocenters. The van der Waals surface area contributed by atoms with Gasteiger partial charge in [-0.25, -0.2) is 0 Å². The molecule has 4 nitrogen and oxygen atoms in total. The molecule has 1 aromatic rings. The van der Waals surface area contributed by atoms with Crippen LogP contribution in [0.3, 0.4) is 0 Å². The Balaban J connectivity index is 2.68. The van der Waals surface area contributed by atoms with Crippen LogP contribution in [0.5, 0.6) is 5.75 Å². The Bertz CT molecular complexity index is 444. The Morgan fingerprint density at radius 3 is 2.32 bits per heavy atom. The highest BCUT2D eigenvalue weighted by Gasteiger charge is 2.33. The number of ether oxygens (including phenoxy) is 2. The molecule has 22 heavy (non-hydrogen) atoms. The molecule has 0 aromatic heterocycles. The zero-order valence-corrected chi connectivity index (χ0v) is 14.3. The Kier molecular flexibility index (Phi) is 7.96. The third-order valence-corrected chi connectivity index (χ3v) is 3.62. The molecule has 0 spiro atoms. The van der Waals surface area contributed by atoms with Crippen molar-refractivity contribution in [3.8, 4) is 5.75 Å². The standard InChI is InChI=1S/C18H29NO3/c1-5-8-9-14-18(4,22-7-3)17(20)19-15-10-12-16(13-11-15)21-6-2/h10-13H,5-9,14H2,1-4H3,(H,19,20)/t18-/m1/s1. The second kappa shape index (κ2) is 9.46. The van der Waals surface area contributed by atoms with Crippen molar-refractivity contribution >= 4 is 11.6 Å². The fourth-order valence-corrected chi connectivity index (χ4v) is 2.35. The lowest BCUT2D eigenvalue weighted by molar-refractivity contribution is -0.139. The molecule has 0 fully saturated rings. The number of nitrogens with one attached hydrogen (secondary N) is 1.